The molecule has 30 heavy (non-hydrogen) atoms. The molecule has 0 N–H and O–H groups in total. The summed E-state index contributed by atoms with van der Waals surface area (Å²) in [6, 6.07) is 12.1. The van der Waals surface area contributed by atoms with Crippen LogP contribution in [-0.2, 0) is 6.42 Å². The third-order valence-electron chi connectivity index (χ3n) is 4.93. The fraction of sp³-hybridized carbons (Fsp3) is 0.400. The Balaban J connectivity index is 2.05. The van der Waals surface area contributed by atoms with Gasteiger partial charge >= 0.3 is 0 Å². The van der Waals surface area contributed by atoms with Gasteiger partial charge in [0.15, 0.2) is 11.5 Å². The number of methoxy groups -OCH3 is 2. The molecule has 0 spiro atoms. The number of ether oxygens (including phenoxy) is 3. The van der Waals surface area contributed by atoms with Gasteiger partial charge in [0, 0.05) is 17.5 Å². The number of hydrogen-bond acceptors (Lipinski definition) is 5. The van der Waals surface area contributed by atoms with Gasteiger partial charge in [0.05, 0.1) is 26.5 Å². The Kier molecular flexibility index (Phi) is 9.81. The van der Waals surface area contributed by atoms with E-state index < -0.39 is 0 Å². The van der Waals surface area contributed by atoms with Crippen LogP contribution in [0, 0.1) is 6.92 Å². The highest BCUT2D eigenvalue weighted by Gasteiger charge is 2.06. The summed E-state index contributed by atoms with van der Waals surface area (Å²) in [6.07, 6.45) is 6.93. The van der Waals surface area contributed by atoms with Crippen LogP contribution < -0.4 is 14.2 Å². The molecule has 0 saturated heterocycles. The van der Waals surface area contributed by atoms with Gasteiger partial charge in [-0.1, -0.05) is 19.4 Å². The van der Waals surface area contributed by atoms with Crippen LogP contribution in [0.4, 0.5) is 0 Å². The Labute approximate surface area is 185 Å². The lowest BCUT2D eigenvalue weighted by molar-refractivity contribution is 0.320. The van der Waals surface area contributed by atoms with Gasteiger partial charge in [-0.05, 0) is 73.5 Å². The topological polar surface area (TPSA) is 40.0 Å². The molecule has 0 radical (unpaired) electrons. The summed E-state index contributed by atoms with van der Waals surface area (Å²) in [5, 5.41) is 0. The SMILES string of the molecule is CCCc1ccc(OCC/C(N=Cc2ccc(OC)c(OC)c2)=C(\C)SC)cc1C. The van der Waals surface area contributed by atoms with E-state index in [-0.39, 0.29) is 0 Å². The summed E-state index contributed by atoms with van der Waals surface area (Å²) in [4.78, 5) is 5.93. The number of allylic oxidation sites excluding steroid dienone is 1. The average molecular weight is 428 g/mol. The predicted molar refractivity (Wildman–Crippen MR) is 129 cm³/mol. The standard InChI is InChI=1S/C25H33NO3S/c1-7-8-21-10-11-22(15-18(21)2)29-14-13-23(19(3)30-6)26-17-20-9-12-24(27-4)25(16-20)28-5/h9-12,15-17H,7-8,13-14H2,1-6H3/b23-19-,26-17?. The minimum Gasteiger partial charge on any atom is -0.493 e. The molecular weight excluding hydrogens is 394 g/mol. The zero-order chi connectivity index (χ0) is 21.9. The Morgan fingerprint density at radius 1 is 1.07 bits per heavy atom. The fourth-order valence-corrected chi connectivity index (χ4v) is 3.50. The highest BCUT2D eigenvalue weighted by molar-refractivity contribution is 8.02. The third-order valence-corrected chi connectivity index (χ3v) is 5.78. The summed E-state index contributed by atoms with van der Waals surface area (Å²) in [6.45, 7) is 7.03. The van der Waals surface area contributed by atoms with Crippen LogP contribution in [0.1, 0.15) is 43.4 Å². The van der Waals surface area contributed by atoms with E-state index in [1.807, 2.05) is 24.4 Å². The van der Waals surface area contributed by atoms with Gasteiger partial charge in [-0.3, -0.25) is 4.99 Å². The molecule has 162 valence electrons. The number of hydrogen-bond donors (Lipinski definition) is 0. The Morgan fingerprint density at radius 2 is 1.83 bits per heavy atom. The zero-order valence-electron chi connectivity index (χ0n) is 19.0. The monoisotopic (exact) mass is 427 g/mol. The molecular formula is C25H33NO3S. The van der Waals surface area contributed by atoms with Crippen molar-refractivity contribution in [1.29, 1.82) is 0 Å². The first kappa shape index (κ1) is 23.9. The Bertz CT molecular complexity index is 890. The second-order valence-corrected chi connectivity index (χ2v) is 8.04. The van der Waals surface area contributed by atoms with E-state index in [1.165, 1.54) is 16.0 Å². The lowest BCUT2D eigenvalue weighted by Crippen LogP contribution is -2.01. The quantitative estimate of drug-likeness (QED) is 0.387. The first-order chi connectivity index (χ1) is 14.5. The molecule has 0 atom stereocenters. The van der Waals surface area contributed by atoms with Crippen molar-refractivity contribution in [3.8, 4) is 17.2 Å². The van der Waals surface area contributed by atoms with Crippen molar-refractivity contribution < 1.29 is 14.2 Å². The van der Waals surface area contributed by atoms with E-state index >= 15 is 0 Å². The Morgan fingerprint density at radius 3 is 2.47 bits per heavy atom. The lowest BCUT2D eigenvalue weighted by Gasteiger charge is -2.11. The summed E-state index contributed by atoms with van der Waals surface area (Å²) in [5.74, 6) is 2.32. The highest BCUT2D eigenvalue weighted by atomic mass is 32.2. The molecule has 2 aromatic rings. The highest BCUT2D eigenvalue weighted by Crippen LogP contribution is 2.27. The van der Waals surface area contributed by atoms with Crippen molar-refractivity contribution in [2.45, 2.75) is 40.0 Å². The number of aryl methyl sites for hydroxylation is 2. The van der Waals surface area contributed by atoms with Gasteiger partial charge in [-0.2, -0.15) is 0 Å². The number of thioether (sulfide) groups is 1. The van der Waals surface area contributed by atoms with E-state index in [0.29, 0.717) is 18.1 Å². The molecule has 2 rings (SSSR count). The van der Waals surface area contributed by atoms with Crippen molar-refractivity contribution in [3.05, 3.63) is 63.7 Å². The lowest BCUT2D eigenvalue weighted by atomic mass is 10.0. The van der Waals surface area contributed by atoms with Crippen molar-refractivity contribution >= 4 is 18.0 Å². The molecule has 0 bridgehead atoms. The van der Waals surface area contributed by atoms with Crippen molar-refractivity contribution in [3.63, 3.8) is 0 Å². The van der Waals surface area contributed by atoms with Crippen LogP contribution in [0.15, 0.2) is 52.0 Å². The minimum absolute atomic E-state index is 0.586. The second-order valence-electron chi connectivity index (χ2n) is 7.02. The van der Waals surface area contributed by atoms with Crippen LogP contribution in [0.3, 0.4) is 0 Å². The van der Waals surface area contributed by atoms with Crippen LogP contribution >= 0.6 is 11.8 Å². The third kappa shape index (κ3) is 6.84. The summed E-state index contributed by atoms with van der Waals surface area (Å²) >= 11 is 1.70. The number of aliphatic imine (C=N–C) groups is 1. The molecule has 0 aromatic heterocycles. The predicted octanol–water partition coefficient (Wildman–Crippen LogP) is 6.45. The zero-order valence-corrected chi connectivity index (χ0v) is 19.8. The van der Waals surface area contributed by atoms with Crippen molar-refractivity contribution in [2.24, 2.45) is 4.99 Å². The smallest absolute Gasteiger partial charge is 0.161 e. The molecule has 2 aromatic carbocycles. The first-order valence-corrected chi connectivity index (χ1v) is 11.5. The van der Waals surface area contributed by atoms with Crippen molar-refractivity contribution in [2.75, 3.05) is 27.1 Å². The van der Waals surface area contributed by atoms with Gasteiger partial charge in [0.2, 0.25) is 0 Å². The van der Waals surface area contributed by atoms with Gasteiger partial charge in [0.1, 0.15) is 5.75 Å². The number of rotatable bonds is 11. The van der Waals surface area contributed by atoms with E-state index in [2.05, 4.69) is 45.2 Å². The normalized spacial score (nSPS) is 12.1. The van der Waals surface area contributed by atoms with Gasteiger partial charge in [-0.15, -0.1) is 11.8 Å². The molecule has 4 nitrogen and oxygen atoms in total. The molecule has 0 fully saturated rings. The van der Waals surface area contributed by atoms with E-state index in [9.17, 15) is 0 Å². The van der Waals surface area contributed by atoms with E-state index in [1.54, 1.807) is 26.0 Å². The largest absolute Gasteiger partial charge is 0.493 e. The van der Waals surface area contributed by atoms with Crippen LogP contribution in [-0.4, -0.2) is 33.3 Å². The molecule has 0 amide bonds. The van der Waals surface area contributed by atoms with Gasteiger partial charge in [-0.25, -0.2) is 0 Å². The van der Waals surface area contributed by atoms with Crippen LogP contribution in [0.5, 0.6) is 17.2 Å². The first-order valence-electron chi connectivity index (χ1n) is 10.2. The average Bonchev–Trinajstić information content (AvgIpc) is 2.77. The molecule has 0 saturated carbocycles. The summed E-state index contributed by atoms with van der Waals surface area (Å²) < 4.78 is 16.7. The summed E-state index contributed by atoms with van der Waals surface area (Å²) in [5.41, 5.74) is 4.67. The second kappa shape index (κ2) is 12.3. The van der Waals surface area contributed by atoms with E-state index in [0.717, 1.165) is 36.3 Å². The summed E-state index contributed by atoms with van der Waals surface area (Å²) in [7, 11) is 3.27. The molecule has 5 heteroatoms. The van der Waals surface area contributed by atoms with E-state index in [4.69, 9.17) is 19.2 Å². The van der Waals surface area contributed by atoms with Crippen LogP contribution in [0.2, 0.25) is 0 Å². The number of nitrogens with zero attached hydrogens (tertiary/aromatic N) is 1. The Hall–Kier alpha value is -2.40. The maximum Gasteiger partial charge on any atom is 0.161 e. The minimum atomic E-state index is 0.586. The molecule has 0 aliphatic heterocycles. The molecule has 0 aliphatic rings. The maximum atomic E-state index is 6.01. The molecule has 0 heterocycles. The molecule has 0 aliphatic carbocycles. The fourth-order valence-electron chi connectivity index (χ4n) is 3.11. The van der Waals surface area contributed by atoms with Crippen molar-refractivity contribution in [1.82, 2.24) is 0 Å². The molecule has 0 unspecified atom stereocenters. The van der Waals surface area contributed by atoms with Gasteiger partial charge < -0.3 is 14.2 Å². The van der Waals surface area contributed by atoms with Gasteiger partial charge in [0.25, 0.3) is 0 Å². The maximum absolute atomic E-state index is 6.01. The van der Waals surface area contributed by atoms with Crippen LogP contribution in [0.25, 0.3) is 0 Å². The number of benzene rings is 2.